The summed E-state index contributed by atoms with van der Waals surface area (Å²) in [4.78, 5) is 2.17. The van der Waals surface area contributed by atoms with Crippen LogP contribution in [0.3, 0.4) is 0 Å². The van der Waals surface area contributed by atoms with E-state index < -0.39 is 6.10 Å². The molecule has 0 saturated carbocycles. The Kier molecular flexibility index (Phi) is 8.84. The molecule has 2 N–H and O–H groups in total. The van der Waals surface area contributed by atoms with E-state index in [1.807, 2.05) is 0 Å². The highest BCUT2D eigenvalue weighted by Gasteiger charge is 2.13. The van der Waals surface area contributed by atoms with Gasteiger partial charge in [-0.15, -0.1) is 0 Å². The number of methoxy groups -OCH3 is 1. The van der Waals surface area contributed by atoms with Crippen molar-refractivity contribution in [3.05, 3.63) is 0 Å². The minimum atomic E-state index is -0.415. The lowest BCUT2D eigenvalue weighted by molar-refractivity contribution is 0.0614. The van der Waals surface area contributed by atoms with Crippen LogP contribution in [0.15, 0.2) is 0 Å². The lowest BCUT2D eigenvalue weighted by Crippen LogP contribution is -2.43. The summed E-state index contributed by atoms with van der Waals surface area (Å²) >= 11 is 0. The molecule has 2 atom stereocenters. The van der Waals surface area contributed by atoms with E-state index in [2.05, 4.69) is 38.2 Å². The molecule has 0 aromatic rings. The van der Waals surface area contributed by atoms with Crippen molar-refractivity contribution < 1.29 is 9.84 Å². The van der Waals surface area contributed by atoms with Gasteiger partial charge in [-0.05, 0) is 26.4 Å². The average Bonchev–Trinajstić information content (AvgIpc) is 2.13. The molecule has 4 heteroatoms. The Bertz CT molecular complexity index is 153. The van der Waals surface area contributed by atoms with Gasteiger partial charge >= 0.3 is 0 Å². The fourth-order valence-electron chi connectivity index (χ4n) is 1.79. The molecule has 0 amide bonds. The molecule has 0 aromatic carbocycles. The zero-order chi connectivity index (χ0) is 12.6. The fraction of sp³-hybridized carbons (Fsp3) is 1.00. The van der Waals surface area contributed by atoms with E-state index in [1.54, 1.807) is 7.11 Å². The van der Waals surface area contributed by atoms with Crippen molar-refractivity contribution in [3.8, 4) is 0 Å². The Morgan fingerprint density at radius 2 is 1.94 bits per heavy atom. The van der Waals surface area contributed by atoms with Crippen LogP contribution in [0.4, 0.5) is 0 Å². The van der Waals surface area contributed by atoms with Crippen molar-refractivity contribution >= 4 is 0 Å². The highest BCUT2D eigenvalue weighted by Crippen LogP contribution is 2.05. The second-order valence-corrected chi connectivity index (χ2v) is 5.11. The van der Waals surface area contributed by atoms with E-state index in [9.17, 15) is 5.11 Å². The number of nitrogens with zero attached hydrogens (tertiary/aromatic N) is 1. The molecule has 0 aliphatic rings. The first-order valence-corrected chi connectivity index (χ1v) is 6.00. The van der Waals surface area contributed by atoms with Gasteiger partial charge in [-0.2, -0.15) is 0 Å². The van der Waals surface area contributed by atoms with Crippen LogP contribution in [-0.4, -0.2) is 63.1 Å². The third-order valence-corrected chi connectivity index (χ3v) is 2.34. The number of aliphatic hydroxyl groups is 1. The summed E-state index contributed by atoms with van der Waals surface area (Å²) < 4.78 is 4.90. The first kappa shape index (κ1) is 15.8. The first-order valence-electron chi connectivity index (χ1n) is 6.00. The summed E-state index contributed by atoms with van der Waals surface area (Å²) in [6, 6.07) is 0.432. The zero-order valence-corrected chi connectivity index (χ0v) is 11.4. The zero-order valence-electron chi connectivity index (χ0n) is 11.4. The predicted molar refractivity (Wildman–Crippen MR) is 67.7 cm³/mol. The topological polar surface area (TPSA) is 44.7 Å². The van der Waals surface area contributed by atoms with Gasteiger partial charge in [0.1, 0.15) is 0 Å². The van der Waals surface area contributed by atoms with Crippen LogP contribution < -0.4 is 5.32 Å². The maximum absolute atomic E-state index is 9.57. The lowest BCUT2D eigenvalue weighted by Gasteiger charge is -2.25. The van der Waals surface area contributed by atoms with Crippen LogP contribution in [0, 0.1) is 5.92 Å². The van der Waals surface area contributed by atoms with Gasteiger partial charge in [0, 0.05) is 26.2 Å². The second kappa shape index (κ2) is 8.93. The Balaban J connectivity index is 3.90. The van der Waals surface area contributed by atoms with E-state index in [4.69, 9.17) is 4.74 Å². The number of aliphatic hydroxyl groups excluding tert-OH is 1. The number of hydrogen-bond donors (Lipinski definition) is 2. The molecule has 2 unspecified atom stereocenters. The third-order valence-electron chi connectivity index (χ3n) is 2.34. The minimum absolute atomic E-state index is 0.392. The van der Waals surface area contributed by atoms with Gasteiger partial charge < -0.3 is 20.1 Å². The van der Waals surface area contributed by atoms with Gasteiger partial charge in [0.05, 0.1) is 12.7 Å². The number of rotatable bonds is 9. The van der Waals surface area contributed by atoms with E-state index in [1.165, 1.54) is 0 Å². The normalized spacial score (nSPS) is 15.8. The molecule has 0 radical (unpaired) electrons. The van der Waals surface area contributed by atoms with Gasteiger partial charge in [0.15, 0.2) is 0 Å². The molecule has 98 valence electrons. The number of nitrogens with one attached hydrogen (secondary N) is 1. The molecular weight excluding hydrogens is 204 g/mol. The molecule has 0 aromatic heterocycles. The molecule has 0 bridgehead atoms. The Labute approximate surface area is 100.0 Å². The molecule has 0 heterocycles. The monoisotopic (exact) mass is 232 g/mol. The molecule has 0 spiro atoms. The van der Waals surface area contributed by atoms with Gasteiger partial charge in [0.25, 0.3) is 0 Å². The molecule has 0 saturated heterocycles. The van der Waals surface area contributed by atoms with Crippen molar-refractivity contribution in [2.24, 2.45) is 5.92 Å². The number of hydrogen-bond acceptors (Lipinski definition) is 4. The maximum atomic E-state index is 9.57. The molecule has 4 nitrogen and oxygen atoms in total. The van der Waals surface area contributed by atoms with E-state index in [-0.39, 0.29) is 0 Å². The highest BCUT2D eigenvalue weighted by molar-refractivity contribution is 4.73. The summed E-state index contributed by atoms with van der Waals surface area (Å²) in [5, 5.41) is 13.0. The Morgan fingerprint density at radius 1 is 1.31 bits per heavy atom. The van der Waals surface area contributed by atoms with Crippen molar-refractivity contribution in [3.63, 3.8) is 0 Å². The smallest absolute Gasteiger partial charge is 0.0897 e. The van der Waals surface area contributed by atoms with Crippen LogP contribution in [0.5, 0.6) is 0 Å². The van der Waals surface area contributed by atoms with Gasteiger partial charge in [-0.25, -0.2) is 0 Å². The SMILES string of the molecule is COCC(O)CNC(CC(C)C)CN(C)C. The summed E-state index contributed by atoms with van der Waals surface area (Å²) in [5.74, 6) is 0.664. The van der Waals surface area contributed by atoms with E-state index in [0.29, 0.717) is 25.1 Å². The molecule has 0 rings (SSSR count). The van der Waals surface area contributed by atoms with Crippen LogP contribution in [0.2, 0.25) is 0 Å². The molecule has 0 aliphatic heterocycles. The predicted octanol–water partition coefficient (Wildman–Crippen LogP) is 0.560. The van der Waals surface area contributed by atoms with Crippen molar-refractivity contribution in [2.45, 2.75) is 32.4 Å². The molecule has 16 heavy (non-hydrogen) atoms. The van der Waals surface area contributed by atoms with Crippen LogP contribution in [0.25, 0.3) is 0 Å². The highest BCUT2D eigenvalue weighted by atomic mass is 16.5. The lowest BCUT2D eigenvalue weighted by atomic mass is 10.0. The van der Waals surface area contributed by atoms with Gasteiger partial charge in [-0.3, -0.25) is 0 Å². The maximum Gasteiger partial charge on any atom is 0.0897 e. The van der Waals surface area contributed by atoms with Crippen LogP contribution >= 0.6 is 0 Å². The van der Waals surface area contributed by atoms with Gasteiger partial charge in [0.2, 0.25) is 0 Å². The summed E-state index contributed by atoms with van der Waals surface area (Å²) in [7, 11) is 5.75. The Hall–Kier alpha value is -0.160. The molecule has 0 aliphatic carbocycles. The largest absolute Gasteiger partial charge is 0.389 e. The first-order chi connectivity index (χ1) is 7.45. The quantitative estimate of drug-likeness (QED) is 0.610. The Morgan fingerprint density at radius 3 is 2.38 bits per heavy atom. The summed E-state index contributed by atoms with van der Waals surface area (Å²) in [6.45, 7) is 6.42. The second-order valence-electron chi connectivity index (χ2n) is 5.11. The van der Waals surface area contributed by atoms with Crippen molar-refractivity contribution in [1.82, 2.24) is 10.2 Å². The summed E-state index contributed by atoms with van der Waals surface area (Å²) in [5.41, 5.74) is 0. The van der Waals surface area contributed by atoms with Gasteiger partial charge in [-0.1, -0.05) is 13.8 Å². The van der Waals surface area contributed by atoms with E-state index >= 15 is 0 Å². The van der Waals surface area contributed by atoms with E-state index in [0.717, 1.165) is 13.0 Å². The number of ether oxygens (including phenoxy) is 1. The van der Waals surface area contributed by atoms with Crippen LogP contribution in [-0.2, 0) is 4.74 Å². The summed E-state index contributed by atoms with van der Waals surface area (Å²) in [6.07, 6.45) is 0.708. The molecule has 0 fully saturated rings. The third kappa shape index (κ3) is 9.09. The number of likely N-dealkylation sites (N-methyl/N-ethyl adjacent to an activating group) is 1. The standard InChI is InChI=1S/C12H28N2O2/c1-10(2)6-11(8-14(3)4)13-7-12(15)9-16-5/h10-13,15H,6-9H2,1-5H3. The van der Waals surface area contributed by atoms with Crippen LogP contribution in [0.1, 0.15) is 20.3 Å². The fourth-order valence-corrected chi connectivity index (χ4v) is 1.79. The van der Waals surface area contributed by atoms with Crippen molar-refractivity contribution in [1.29, 1.82) is 0 Å². The average molecular weight is 232 g/mol. The van der Waals surface area contributed by atoms with Crippen molar-refractivity contribution in [2.75, 3.05) is 40.9 Å². The minimum Gasteiger partial charge on any atom is -0.389 e. The molecular formula is C12H28N2O2.